The molecule has 4 rings (SSSR count). The van der Waals surface area contributed by atoms with Gasteiger partial charge in [0.2, 0.25) is 0 Å². The van der Waals surface area contributed by atoms with E-state index in [0.29, 0.717) is 0 Å². The fourth-order valence-electron chi connectivity index (χ4n) is 5.32. The van der Waals surface area contributed by atoms with Crippen LogP contribution in [-0.4, -0.2) is 42.9 Å². The molecule has 3 atom stereocenters. The van der Waals surface area contributed by atoms with Gasteiger partial charge in [-0.25, -0.2) is 0 Å². The SMILES string of the molecule is COc1ccc(C2C3CCCCC3(O)CCN2CC=Cc2ccccc2)cc1OC. The maximum absolute atomic E-state index is 11.5. The molecule has 2 aromatic rings. The lowest BCUT2D eigenvalue weighted by molar-refractivity contribution is -0.122. The Morgan fingerprint density at radius 3 is 2.60 bits per heavy atom. The van der Waals surface area contributed by atoms with Gasteiger partial charge in [0.1, 0.15) is 0 Å². The van der Waals surface area contributed by atoms with Crippen LogP contribution in [0.3, 0.4) is 0 Å². The first-order valence-corrected chi connectivity index (χ1v) is 11.0. The van der Waals surface area contributed by atoms with E-state index in [-0.39, 0.29) is 12.0 Å². The van der Waals surface area contributed by atoms with Crippen LogP contribution in [-0.2, 0) is 0 Å². The molecule has 2 aliphatic rings. The monoisotopic (exact) mass is 407 g/mol. The standard InChI is InChI=1S/C26H33NO3/c1-29-23-14-13-21(19-24(23)30-2)25-22-12-6-7-15-26(22,28)16-18-27(25)17-8-11-20-9-4-3-5-10-20/h3-5,8-11,13-14,19,22,25,28H,6-7,12,15-18H2,1-2H3. The summed E-state index contributed by atoms with van der Waals surface area (Å²) in [6, 6.07) is 16.8. The zero-order valence-electron chi connectivity index (χ0n) is 18.1. The summed E-state index contributed by atoms with van der Waals surface area (Å²) >= 11 is 0. The number of fused-ring (bicyclic) bond motifs is 1. The van der Waals surface area contributed by atoms with E-state index in [4.69, 9.17) is 9.47 Å². The van der Waals surface area contributed by atoms with Gasteiger partial charge in [0.05, 0.1) is 19.8 Å². The highest BCUT2D eigenvalue weighted by molar-refractivity contribution is 5.49. The van der Waals surface area contributed by atoms with Crippen molar-refractivity contribution in [1.29, 1.82) is 0 Å². The molecule has 1 aliphatic carbocycles. The predicted octanol–water partition coefficient (Wildman–Crippen LogP) is 5.09. The molecule has 0 aromatic heterocycles. The van der Waals surface area contributed by atoms with E-state index < -0.39 is 5.60 Å². The first-order valence-electron chi connectivity index (χ1n) is 11.0. The molecular weight excluding hydrogens is 374 g/mol. The second-order valence-corrected chi connectivity index (χ2v) is 8.57. The number of benzene rings is 2. The Hall–Kier alpha value is -2.30. The second kappa shape index (κ2) is 9.23. The van der Waals surface area contributed by atoms with Crippen LogP contribution in [0, 0.1) is 5.92 Å². The van der Waals surface area contributed by atoms with Crippen molar-refractivity contribution in [3.63, 3.8) is 0 Å². The highest BCUT2D eigenvalue weighted by Gasteiger charge is 2.48. The molecule has 1 heterocycles. The number of ether oxygens (including phenoxy) is 2. The average Bonchev–Trinajstić information content (AvgIpc) is 2.79. The van der Waals surface area contributed by atoms with Crippen LogP contribution in [0.15, 0.2) is 54.6 Å². The molecule has 160 valence electrons. The van der Waals surface area contributed by atoms with Crippen molar-refractivity contribution in [3.8, 4) is 11.5 Å². The van der Waals surface area contributed by atoms with Crippen LogP contribution in [0.4, 0.5) is 0 Å². The summed E-state index contributed by atoms with van der Waals surface area (Å²) in [5.41, 5.74) is 1.85. The molecule has 2 aromatic carbocycles. The van der Waals surface area contributed by atoms with E-state index in [1.165, 1.54) is 17.5 Å². The highest BCUT2D eigenvalue weighted by atomic mass is 16.5. The largest absolute Gasteiger partial charge is 0.493 e. The maximum atomic E-state index is 11.5. The molecule has 4 heteroatoms. The molecule has 0 spiro atoms. The van der Waals surface area contributed by atoms with Gasteiger partial charge in [0.25, 0.3) is 0 Å². The first-order chi connectivity index (χ1) is 14.6. The zero-order chi connectivity index (χ0) is 21.0. The molecule has 0 radical (unpaired) electrons. The molecule has 3 unspecified atom stereocenters. The number of nitrogens with zero attached hydrogens (tertiary/aromatic N) is 1. The lowest BCUT2D eigenvalue weighted by atomic mass is 9.66. The van der Waals surface area contributed by atoms with Crippen LogP contribution in [0.5, 0.6) is 11.5 Å². The zero-order valence-corrected chi connectivity index (χ0v) is 18.1. The van der Waals surface area contributed by atoms with Crippen molar-refractivity contribution in [2.24, 2.45) is 5.92 Å². The van der Waals surface area contributed by atoms with Gasteiger partial charge in [-0.15, -0.1) is 0 Å². The quantitative estimate of drug-likeness (QED) is 0.725. The second-order valence-electron chi connectivity index (χ2n) is 8.57. The lowest BCUT2D eigenvalue weighted by Crippen LogP contribution is -2.54. The van der Waals surface area contributed by atoms with E-state index in [9.17, 15) is 5.11 Å². The van der Waals surface area contributed by atoms with Crippen LogP contribution in [0.1, 0.15) is 49.3 Å². The van der Waals surface area contributed by atoms with Crippen LogP contribution < -0.4 is 9.47 Å². The van der Waals surface area contributed by atoms with Crippen molar-refractivity contribution >= 4 is 6.08 Å². The van der Waals surface area contributed by atoms with Crippen molar-refractivity contribution in [3.05, 3.63) is 65.7 Å². The molecule has 0 bridgehead atoms. The topological polar surface area (TPSA) is 41.9 Å². The third kappa shape index (κ3) is 4.26. The number of rotatable bonds is 6. The average molecular weight is 408 g/mol. The number of hydrogen-bond donors (Lipinski definition) is 1. The summed E-state index contributed by atoms with van der Waals surface area (Å²) in [6.45, 7) is 1.76. The molecule has 0 amide bonds. The third-order valence-corrected chi connectivity index (χ3v) is 6.87. The predicted molar refractivity (Wildman–Crippen MR) is 121 cm³/mol. The van der Waals surface area contributed by atoms with Gasteiger partial charge in [0, 0.05) is 25.0 Å². The lowest BCUT2D eigenvalue weighted by Gasteiger charge is -2.52. The Labute approximate surface area is 180 Å². The normalized spacial score (nSPS) is 27.0. The summed E-state index contributed by atoms with van der Waals surface area (Å²) in [5, 5.41) is 11.5. The Balaban J connectivity index is 1.64. The minimum absolute atomic E-state index is 0.171. The highest BCUT2D eigenvalue weighted by Crippen LogP contribution is 2.50. The van der Waals surface area contributed by atoms with Gasteiger partial charge < -0.3 is 14.6 Å². The summed E-state index contributed by atoms with van der Waals surface area (Å²) < 4.78 is 11.0. The summed E-state index contributed by atoms with van der Waals surface area (Å²) in [7, 11) is 3.35. The summed E-state index contributed by atoms with van der Waals surface area (Å²) in [5.74, 6) is 1.73. The van der Waals surface area contributed by atoms with Gasteiger partial charge in [-0.1, -0.05) is 61.4 Å². The van der Waals surface area contributed by atoms with Crippen LogP contribution >= 0.6 is 0 Å². The Kier molecular flexibility index (Phi) is 6.45. The van der Waals surface area contributed by atoms with Gasteiger partial charge in [-0.05, 0) is 42.5 Å². The molecule has 4 nitrogen and oxygen atoms in total. The number of aliphatic hydroxyl groups is 1. The molecule has 1 saturated carbocycles. The van der Waals surface area contributed by atoms with Crippen molar-refractivity contribution < 1.29 is 14.6 Å². The van der Waals surface area contributed by atoms with E-state index in [1.807, 2.05) is 12.1 Å². The third-order valence-electron chi connectivity index (χ3n) is 6.87. The van der Waals surface area contributed by atoms with Crippen molar-refractivity contribution in [2.75, 3.05) is 27.3 Å². The number of methoxy groups -OCH3 is 2. The van der Waals surface area contributed by atoms with Gasteiger partial charge in [-0.3, -0.25) is 4.90 Å². The molecule has 1 aliphatic heterocycles. The smallest absolute Gasteiger partial charge is 0.161 e. The Morgan fingerprint density at radius 1 is 1.03 bits per heavy atom. The van der Waals surface area contributed by atoms with Gasteiger partial charge in [0.15, 0.2) is 11.5 Å². The molecule has 1 N–H and O–H groups in total. The molecule has 2 fully saturated rings. The van der Waals surface area contributed by atoms with Crippen molar-refractivity contribution in [1.82, 2.24) is 4.90 Å². The summed E-state index contributed by atoms with van der Waals surface area (Å²) in [4.78, 5) is 2.52. The van der Waals surface area contributed by atoms with E-state index >= 15 is 0 Å². The van der Waals surface area contributed by atoms with E-state index in [0.717, 1.165) is 50.3 Å². The van der Waals surface area contributed by atoms with Crippen LogP contribution in [0.25, 0.3) is 6.08 Å². The fraction of sp³-hybridized carbons (Fsp3) is 0.462. The van der Waals surface area contributed by atoms with Gasteiger partial charge in [-0.2, -0.15) is 0 Å². The maximum Gasteiger partial charge on any atom is 0.161 e. The summed E-state index contributed by atoms with van der Waals surface area (Å²) in [6.07, 6.45) is 9.57. The Bertz CT molecular complexity index is 866. The molecule has 30 heavy (non-hydrogen) atoms. The minimum atomic E-state index is -0.560. The number of hydrogen-bond acceptors (Lipinski definition) is 4. The van der Waals surface area contributed by atoms with Crippen LogP contribution in [0.2, 0.25) is 0 Å². The minimum Gasteiger partial charge on any atom is -0.493 e. The van der Waals surface area contributed by atoms with E-state index in [2.05, 4.69) is 53.5 Å². The van der Waals surface area contributed by atoms with Crippen molar-refractivity contribution in [2.45, 2.75) is 43.7 Å². The first kappa shape index (κ1) is 21.0. The number of piperidine rings is 1. The molecular formula is C26H33NO3. The Morgan fingerprint density at radius 2 is 1.83 bits per heavy atom. The van der Waals surface area contributed by atoms with E-state index in [1.54, 1.807) is 14.2 Å². The fourth-order valence-corrected chi connectivity index (χ4v) is 5.32. The number of likely N-dealkylation sites (tertiary alicyclic amines) is 1. The molecule has 1 saturated heterocycles. The van der Waals surface area contributed by atoms with Gasteiger partial charge >= 0.3 is 0 Å².